The molecule has 1 atom stereocenters. The van der Waals surface area contributed by atoms with Gasteiger partial charge in [0.15, 0.2) is 0 Å². The van der Waals surface area contributed by atoms with Crippen molar-refractivity contribution in [2.75, 3.05) is 6.61 Å². The fourth-order valence-electron chi connectivity index (χ4n) is 2.85. The lowest BCUT2D eigenvalue weighted by molar-refractivity contribution is 0.167. The summed E-state index contributed by atoms with van der Waals surface area (Å²) in [6.45, 7) is 3.65. The van der Waals surface area contributed by atoms with Crippen molar-refractivity contribution in [3.8, 4) is 5.75 Å². The van der Waals surface area contributed by atoms with Crippen LogP contribution in [0.2, 0.25) is 5.02 Å². The van der Waals surface area contributed by atoms with E-state index in [2.05, 4.69) is 11.9 Å². The third-order valence-electron chi connectivity index (χ3n) is 3.79. The molecule has 0 saturated carbocycles. The highest BCUT2D eigenvalue weighted by molar-refractivity contribution is 6.30. The molecule has 2 aromatic rings. The summed E-state index contributed by atoms with van der Waals surface area (Å²) in [7, 11) is 0. The second kappa shape index (κ2) is 6.08. The van der Waals surface area contributed by atoms with Gasteiger partial charge in [-0.25, -0.2) is 4.98 Å². The van der Waals surface area contributed by atoms with Gasteiger partial charge in [0.1, 0.15) is 5.75 Å². The molecule has 1 N–H and O–H groups in total. The fraction of sp³-hybridized carbons (Fsp3) is 0.438. The Hall–Kier alpha value is -1.52. The molecule has 112 valence electrons. The molecule has 0 amide bonds. The number of rotatable bonds is 5. The smallest absolute Gasteiger partial charge is 0.126 e. The fourth-order valence-corrected chi connectivity index (χ4v) is 3.11. The van der Waals surface area contributed by atoms with Crippen molar-refractivity contribution in [2.45, 2.75) is 38.8 Å². The molecule has 4 nitrogen and oxygen atoms in total. The molecule has 21 heavy (non-hydrogen) atoms. The molecule has 3 rings (SSSR count). The molecule has 0 spiro atoms. The summed E-state index contributed by atoms with van der Waals surface area (Å²) in [5, 5.41) is 11.2. The Morgan fingerprint density at radius 1 is 1.48 bits per heavy atom. The second-order valence-electron chi connectivity index (χ2n) is 5.38. The summed E-state index contributed by atoms with van der Waals surface area (Å²) < 4.78 is 7.68. The lowest BCUT2D eigenvalue weighted by Crippen LogP contribution is -2.10. The van der Waals surface area contributed by atoms with Gasteiger partial charge in [-0.05, 0) is 29.7 Å². The first-order valence-electron chi connectivity index (χ1n) is 7.31. The number of hydrogen-bond donors (Lipinski definition) is 1. The van der Waals surface area contributed by atoms with Crippen LogP contribution in [0.15, 0.2) is 24.7 Å². The lowest BCUT2D eigenvalue weighted by Gasteiger charge is -2.15. The SMILES string of the molecule is CCCn1cncc1C(O)Cc1cc(Cl)cc2c1OCC2. The van der Waals surface area contributed by atoms with Gasteiger partial charge in [-0.2, -0.15) is 0 Å². The van der Waals surface area contributed by atoms with E-state index in [9.17, 15) is 5.11 Å². The molecule has 1 unspecified atom stereocenters. The number of imidazole rings is 1. The minimum Gasteiger partial charge on any atom is -0.493 e. The standard InChI is InChI=1S/C16H19ClN2O2/c1-2-4-19-10-18-9-14(19)15(20)8-12-7-13(17)6-11-3-5-21-16(11)12/h6-7,9-10,15,20H,2-5,8H2,1H3. The van der Waals surface area contributed by atoms with Crippen molar-refractivity contribution in [1.82, 2.24) is 9.55 Å². The van der Waals surface area contributed by atoms with E-state index in [4.69, 9.17) is 16.3 Å². The summed E-state index contributed by atoms with van der Waals surface area (Å²) in [6, 6.07) is 3.83. The number of benzene rings is 1. The van der Waals surface area contributed by atoms with Gasteiger partial charge in [0.2, 0.25) is 0 Å². The van der Waals surface area contributed by atoms with Gasteiger partial charge in [-0.1, -0.05) is 18.5 Å². The first-order chi connectivity index (χ1) is 10.2. The Balaban J connectivity index is 1.85. The zero-order valence-electron chi connectivity index (χ0n) is 12.1. The van der Waals surface area contributed by atoms with Crippen molar-refractivity contribution in [1.29, 1.82) is 0 Å². The molecule has 1 aliphatic rings. The van der Waals surface area contributed by atoms with Crippen LogP contribution in [-0.4, -0.2) is 21.3 Å². The molecular weight excluding hydrogens is 288 g/mol. The molecule has 5 heteroatoms. The number of fused-ring (bicyclic) bond motifs is 1. The van der Waals surface area contributed by atoms with Crippen LogP contribution in [0.3, 0.4) is 0 Å². The van der Waals surface area contributed by atoms with Gasteiger partial charge >= 0.3 is 0 Å². The van der Waals surface area contributed by atoms with Crippen molar-refractivity contribution in [3.05, 3.63) is 46.5 Å². The molecule has 1 aliphatic heterocycles. The van der Waals surface area contributed by atoms with E-state index in [1.165, 1.54) is 0 Å². The van der Waals surface area contributed by atoms with E-state index in [0.29, 0.717) is 18.1 Å². The Bertz CT molecular complexity index is 639. The Kier molecular flexibility index (Phi) is 4.17. The Morgan fingerprint density at radius 3 is 3.14 bits per heavy atom. The summed E-state index contributed by atoms with van der Waals surface area (Å²) in [5.74, 6) is 0.889. The first kappa shape index (κ1) is 14.4. The van der Waals surface area contributed by atoms with E-state index in [1.807, 2.05) is 16.7 Å². The van der Waals surface area contributed by atoms with Crippen molar-refractivity contribution in [2.24, 2.45) is 0 Å². The summed E-state index contributed by atoms with van der Waals surface area (Å²) in [6.07, 6.45) is 5.26. The highest BCUT2D eigenvalue weighted by atomic mass is 35.5. The lowest BCUT2D eigenvalue weighted by atomic mass is 10.0. The van der Waals surface area contributed by atoms with Gasteiger partial charge in [-0.3, -0.25) is 0 Å². The molecule has 1 aromatic carbocycles. The van der Waals surface area contributed by atoms with Gasteiger partial charge in [-0.15, -0.1) is 0 Å². The molecule has 0 fully saturated rings. The number of aliphatic hydroxyl groups is 1. The van der Waals surface area contributed by atoms with Crippen LogP contribution in [0, 0.1) is 0 Å². The van der Waals surface area contributed by atoms with E-state index in [-0.39, 0.29) is 0 Å². The number of ether oxygens (including phenoxy) is 1. The normalized spacial score (nSPS) is 14.8. The molecule has 0 radical (unpaired) electrons. The van der Waals surface area contributed by atoms with Crippen molar-refractivity contribution in [3.63, 3.8) is 0 Å². The highest BCUT2D eigenvalue weighted by Gasteiger charge is 2.21. The maximum Gasteiger partial charge on any atom is 0.126 e. The average Bonchev–Trinajstić information content (AvgIpc) is 3.07. The van der Waals surface area contributed by atoms with E-state index in [1.54, 1.807) is 12.5 Å². The third-order valence-corrected chi connectivity index (χ3v) is 4.01. The molecule has 2 heterocycles. The Labute approximate surface area is 129 Å². The number of nitrogens with zero attached hydrogens (tertiary/aromatic N) is 2. The molecular formula is C16H19ClN2O2. The zero-order chi connectivity index (χ0) is 14.8. The van der Waals surface area contributed by atoms with Crippen molar-refractivity contribution >= 4 is 11.6 Å². The summed E-state index contributed by atoms with van der Waals surface area (Å²) >= 11 is 6.16. The number of aliphatic hydroxyl groups excluding tert-OH is 1. The topological polar surface area (TPSA) is 47.3 Å². The van der Waals surface area contributed by atoms with Crippen molar-refractivity contribution < 1.29 is 9.84 Å². The summed E-state index contributed by atoms with van der Waals surface area (Å²) in [5.41, 5.74) is 2.93. The van der Waals surface area contributed by atoms with E-state index in [0.717, 1.165) is 42.0 Å². The monoisotopic (exact) mass is 306 g/mol. The maximum atomic E-state index is 10.5. The van der Waals surface area contributed by atoms with E-state index >= 15 is 0 Å². The van der Waals surface area contributed by atoms with Crippen LogP contribution in [0.4, 0.5) is 0 Å². The maximum absolute atomic E-state index is 10.5. The van der Waals surface area contributed by atoms with Gasteiger partial charge in [0, 0.05) is 24.4 Å². The quantitative estimate of drug-likeness (QED) is 0.923. The minimum atomic E-state index is -0.606. The second-order valence-corrected chi connectivity index (χ2v) is 5.82. The van der Waals surface area contributed by atoms with Crippen LogP contribution in [0.1, 0.15) is 36.3 Å². The van der Waals surface area contributed by atoms with Gasteiger partial charge < -0.3 is 14.4 Å². The summed E-state index contributed by atoms with van der Waals surface area (Å²) in [4.78, 5) is 4.14. The average molecular weight is 307 g/mol. The first-order valence-corrected chi connectivity index (χ1v) is 7.69. The molecule has 0 aliphatic carbocycles. The van der Waals surface area contributed by atoms with E-state index < -0.39 is 6.10 Å². The molecule has 1 aromatic heterocycles. The Morgan fingerprint density at radius 2 is 2.33 bits per heavy atom. The van der Waals surface area contributed by atoms with Gasteiger partial charge in [0.25, 0.3) is 0 Å². The van der Waals surface area contributed by atoms with Crippen LogP contribution in [0.25, 0.3) is 0 Å². The number of aromatic nitrogens is 2. The van der Waals surface area contributed by atoms with Crippen LogP contribution in [0.5, 0.6) is 5.75 Å². The number of halogens is 1. The predicted molar refractivity (Wildman–Crippen MR) is 81.8 cm³/mol. The van der Waals surface area contributed by atoms with Gasteiger partial charge in [0.05, 0.1) is 30.9 Å². The third kappa shape index (κ3) is 2.92. The highest BCUT2D eigenvalue weighted by Crippen LogP contribution is 2.35. The molecule has 0 saturated heterocycles. The zero-order valence-corrected chi connectivity index (χ0v) is 12.8. The number of aryl methyl sites for hydroxylation is 1. The van der Waals surface area contributed by atoms with Crippen LogP contribution < -0.4 is 4.74 Å². The van der Waals surface area contributed by atoms with Crippen LogP contribution >= 0.6 is 11.6 Å². The largest absolute Gasteiger partial charge is 0.493 e. The molecule has 0 bridgehead atoms. The van der Waals surface area contributed by atoms with Crippen LogP contribution in [-0.2, 0) is 19.4 Å². The minimum absolute atomic E-state index is 0.484. The number of hydrogen-bond acceptors (Lipinski definition) is 3. The predicted octanol–water partition coefficient (Wildman–Crippen LogP) is 3.16.